The fraction of sp³-hybridized carbons (Fsp3) is 0.444. The van der Waals surface area contributed by atoms with Crippen LogP contribution in [0, 0.1) is 5.92 Å². The van der Waals surface area contributed by atoms with Crippen molar-refractivity contribution in [2.24, 2.45) is 5.92 Å². The Morgan fingerprint density at radius 2 is 1.74 bits per heavy atom. The predicted octanol–water partition coefficient (Wildman–Crippen LogP) is 4.47. The summed E-state index contributed by atoms with van der Waals surface area (Å²) in [6.45, 7) is 4.02. The summed E-state index contributed by atoms with van der Waals surface area (Å²) in [5.41, 5.74) is 0.919. The van der Waals surface area contributed by atoms with Crippen LogP contribution in [0.5, 0.6) is 0 Å². The maximum Gasteiger partial charge on any atom is 0.326 e. The van der Waals surface area contributed by atoms with Crippen molar-refractivity contribution in [3.05, 3.63) is 48.0 Å². The zero-order valence-corrected chi connectivity index (χ0v) is 20.9. The van der Waals surface area contributed by atoms with Gasteiger partial charge in [0.25, 0.3) is 0 Å². The first kappa shape index (κ1) is 25.1. The number of furan rings is 1. The van der Waals surface area contributed by atoms with Crippen molar-refractivity contribution < 1.29 is 23.9 Å². The van der Waals surface area contributed by atoms with Gasteiger partial charge in [-0.15, -0.1) is 0 Å². The van der Waals surface area contributed by atoms with E-state index in [1.807, 2.05) is 56.3 Å². The number of nitrogens with one attached hydrogen (secondary N) is 2. The molecule has 0 bridgehead atoms. The highest BCUT2D eigenvalue weighted by Crippen LogP contribution is 2.33. The number of para-hydroxylation sites is 2. The molecule has 1 aromatic heterocycles. The number of carbonyl (C=O) groups is 3. The average molecular weight is 497 g/mol. The number of thiol groups is 1. The van der Waals surface area contributed by atoms with Gasteiger partial charge in [-0.2, -0.15) is 12.6 Å². The van der Waals surface area contributed by atoms with E-state index in [0.717, 1.165) is 29.2 Å². The van der Waals surface area contributed by atoms with Gasteiger partial charge < -0.3 is 20.2 Å². The third-order valence-electron chi connectivity index (χ3n) is 6.76. The van der Waals surface area contributed by atoms with E-state index in [1.54, 1.807) is 0 Å². The van der Waals surface area contributed by atoms with Gasteiger partial charge >= 0.3 is 5.97 Å². The summed E-state index contributed by atoms with van der Waals surface area (Å²) in [6.07, 6.45) is 3.16. The molecule has 2 amide bonds. The van der Waals surface area contributed by atoms with E-state index < -0.39 is 28.7 Å². The molecule has 8 heteroatoms. The van der Waals surface area contributed by atoms with Crippen LogP contribution in [-0.4, -0.2) is 39.7 Å². The zero-order valence-electron chi connectivity index (χ0n) is 20.0. The molecular formula is C27H32N2O5S. The Hall–Kier alpha value is -3.00. The molecule has 1 aliphatic rings. The molecule has 186 valence electrons. The minimum Gasteiger partial charge on any atom is -0.480 e. The second-order valence-corrected chi connectivity index (χ2v) is 10.5. The van der Waals surface area contributed by atoms with Gasteiger partial charge in [0.2, 0.25) is 11.8 Å². The van der Waals surface area contributed by atoms with Gasteiger partial charge in [0.1, 0.15) is 22.7 Å². The number of hydrogen-bond donors (Lipinski definition) is 4. The van der Waals surface area contributed by atoms with Crippen LogP contribution < -0.4 is 10.6 Å². The lowest BCUT2D eigenvalue weighted by Gasteiger charge is -2.31. The third kappa shape index (κ3) is 5.32. The molecule has 2 unspecified atom stereocenters. The summed E-state index contributed by atoms with van der Waals surface area (Å²) in [5.74, 6) is -1.61. The molecule has 3 N–H and O–H groups in total. The first-order valence-electron chi connectivity index (χ1n) is 12.1. The van der Waals surface area contributed by atoms with Crippen molar-refractivity contribution in [3.63, 3.8) is 0 Å². The fourth-order valence-electron chi connectivity index (χ4n) is 4.94. The van der Waals surface area contributed by atoms with E-state index >= 15 is 0 Å². The average Bonchev–Trinajstić information content (AvgIpc) is 3.44. The van der Waals surface area contributed by atoms with Crippen LogP contribution in [0.4, 0.5) is 0 Å². The summed E-state index contributed by atoms with van der Waals surface area (Å²) in [6, 6.07) is 12.1. The number of carbonyl (C=O) groups excluding carboxylic acids is 2. The number of hydrogen-bond acceptors (Lipinski definition) is 5. The van der Waals surface area contributed by atoms with E-state index in [4.69, 9.17) is 4.42 Å². The number of benzene rings is 2. The van der Waals surface area contributed by atoms with Crippen molar-refractivity contribution in [3.8, 4) is 0 Å². The monoisotopic (exact) mass is 496 g/mol. The molecular weight excluding hydrogens is 464 g/mol. The summed E-state index contributed by atoms with van der Waals surface area (Å²) < 4.78 is 6.03. The van der Waals surface area contributed by atoms with Crippen LogP contribution in [0.3, 0.4) is 0 Å². The van der Waals surface area contributed by atoms with Gasteiger partial charge in [-0.1, -0.05) is 63.1 Å². The summed E-state index contributed by atoms with van der Waals surface area (Å²) in [4.78, 5) is 38.4. The topological polar surface area (TPSA) is 109 Å². The lowest BCUT2D eigenvalue weighted by molar-refractivity contribution is -0.143. The van der Waals surface area contributed by atoms with Gasteiger partial charge in [-0.05, 0) is 36.8 Å². The Balaban J connectivity index is 1.55. The molecule has 2 aromatic carbocycles. The predicted molar refractivity (Wildman–Crippen MR) is 139 cm³/mol. The molecule has 35 heavy (non-hydrogen) atoms. The van der Waals surface area contributed by atoms with Crippen molar-refractivity contribution >= 4 is 52.4 Å². The molecule has 3 aromatic rings. The minimum atomic E-state index is -1.17. The zero-order chi connectivity index (χ0) is 25.2. The molecule has 0 saturated heterocycles. The molecule has 1 heterocycles. The Kier molecular flexibility index (Phi) is 7.40. The van der Waals surface area contributed by atoms with E-state index in [9.17, 15) is 19.5 Å². The summed E-state index contributed by atoms with van der Waals surface area (Å²) >= 11 is 4.42. The van der Waals surface area contributed by atoms with Gasteiger partial charge in [-0.3, -0.25) is 9.59 Å². The number of fused-ring (bicyclic) bond motifs is 3. The standard InChI is InChI=1S/C27H32N2O5S/c1-16(2)14-22(35)24(30)29-27(12-5-6-13-27)26(33)28-20(25(31)32)15-17-8-7-10-19-18-9-3-4-11-21(18)34-23(17)19/h3-4,7-11,16,20,22,35H,5-6,12-15H2,1-2H3,(H,28,33)(H,29,30)(H,31,32). The summed E-state index contributed by atoms with van der Waals surface area (Å²) in [5, 5.41) is 16.9. The highest BCUT2D eigenvalue weighted by molar-refractivity contribution is 7.81. The number of carboxylic acids is 1. The molecule has 1 aliphatic carbocycles. The minimum absolute atomic E-state index is 0.0603. The summed E-state index contributed by atoms with van der Waals surface area (Å²) in [7, 11) is 0. The lowest BCUT2D eigenvalue weighted by Crippen LogP contribution is -2.61. The van der Waals surface area contributed by atoms with Crippen LogP contribution in [0.15, 0.2) is 46.9 Å². The molecule has 7 nitrogen and oxygen atoms in total. The number of carboxylic acid groups (broad SMARTS) is 1. The van der Waals surface area contributed by atoms with Gasteiger partial charge in [0, 0.05) is 17.2 Å². The van der Waals surface area contributed by atoms with Crippen LogP contribution >= 0.6 is 12.6 Å². The first-order valence-corrected chi connectivity index (χ1v) is 12.6. The van der Waals surface area contributed by atoms with Gasteiger partial charge in [0.05, 0.1) is 5.25 Å². The molecule has 0 spiro atoms. The quantitative estimate of drug-likeness (QED) is 0.327. The molecule has 4 rings (SSSR count). The third-order valence-corrected chi connectivity index (χ3v) is 7.21. The van der Waals surface area contributed by atoms with E-state index in [1.165, 1.54) is 0 Å². The second-order valence-electron chi connectivity index (χ2n) is 9.88. The Morgan fingerprint density at radius 3 is 2.43 bits per heavy atom. The van der Waals surface area contributed by atoms with E-state index in [0.29, 0.717) is 30.4 Å². The molecule has 0 aliphatic heterocycles. The van der Waals surface area contributed by atoms with Crippen LogP contribution in [0.1, 0.15) is 51.5 Å². The molecule has 1 fully saturated rings. The second kappa shape index (κ2) is 10.3. The molecule has 0 radical (unpaired) electrons. The van der Waals surface area contributed by atoms with E-state index in [-0.39, 0.29) is 18.2 Å². The number of rotatable bonds is 9. The van der Waals surface area contributed by atoms with Gasteiger partial charge in [0.15, 0.2) is 0 Å². The largest absolute Gasteiger partial charge is 0.480 e. The first-order chi connectivity index (χ1) is 16.7. The highest BCUT2D eigenvalue weighted by Gasteiger charge is 2.44. The van der Waals surface area contributed by atoms with Crippen molar-refractivity contribution in [2.75, 3.05) is 0 Å². The maximum atomic E-state index is 13.4. The maximum absolute atomic E-state index is 13.4. The Bertz CT molecular complexity index is 1240. The van der Waals surface area contributed by atoms with Crippen molar-refractivity contribution in [2.45, 2.75) is 69.2 Å². The van der Waals surface area contributed by atoms with Crippen molar-refractivity contribution in [1.29, 1.82) is 0 Å². The molecule has 1 saturated carbocycles. The smallest absolute Gasteiger partial charge is 0.326 e. The molecule has 2 atom stereocenters. The van der Waals surface area contributed by atoms with Crippen LogP contribution in [-0.2, 0) is 20.8 Å². The Labute approximate surface area is 210 Å². The fourth-order valence-corrected chi connectivity index (χ4v) is 5.43. The van der Waals surface area contributed by atoms with E-state index in [2.05, 4.69) is 23.3 Å². The lowest BCUT2D eigenvalue weighted by atomic mass is 9.94. The SMILES string of the molecule is CC(C)CC(S)C(=O)NC1(C(=O)NC(Cc2cccc3c2oc2ccccc23)C(=O)O)CCCC1. The number of aliphatic carboxylic acids is 1. The van der Waals surface area contributed by atoms with Gasteiger partial charge in [-0.25, -0.2) is 4.79 Å². The van der Waals surface area contributed by atoms with Crippen molar-refractivity contribution in [1.82, 2.24) is 10.6 Å². The van der Waals surface area contributed by atoms with Crippen LogP contribution in [0.25, 0.3) is 21.9 Å². The highest BCUT2D eigenvalue weighted by atomic mass is 32.1. The normalized spacial score (nSPS) is 16.9. The number of amides is 2. The Morgan fingerprint density at radius 1 is 1.06 bits per heavy atom. The van der Waals surface area contributed by atoms with Crippen LogP contribution in [0.2, 0.25) is 0 Å².